The maximum Gasteiger partial charge on any atom is 0.0434 e. The van der Waals surface area contributed by atoms with E-state index in [-0.39, 0.29) is 17.5 Å². The summed E-state index contributed by atoms with van der Waals surface area (Å²) in [5.74, 6) is 0. The second kappa shape index (κ2) is 4.01. The van der Waals surface area contributed by atoms with E-state index in [1.54, 1.807) is 0 Å². The van der Waals surface area contributed by atoms with E-state index in [1.165, 1.54) is 0 Å². The topological polar surface area (TPSA) is 97.5 Å². The van der Waals surface area contributed by atoms with Crippen molar-refractivity contribution in [2.75, 3.05) is 0 Å². The molecule has 80 valence electrons. The van der Waals surface area contributed by atoms with Crippen molar-refractivity contribution in [1.29, 1.82) is 0 Å². The molecule has 0 aromatic heterocycles. The summed E-state index contributed by atoms with van der Waals surface area (Å²) in [5, 5.41) is 7.78. The third kappa shape index (κ3) is 1.52. The van der Waals surface area contributed by atoms with Crippen molar-refractivity contribution in [2.45, 2.75) is 50.6 Å². The first-order valence-electron chi connectivity index (χ1n) is 5.42. The normalized spacial score (nSPS) is 38.7. The quantitative estimate of drug-likeness (QED) is 0.374. The van der Waals surface area contributed by atoms with Crippen molar-refractivity contribution in [3.05, 3.63) is 20.9 Å². The minimum atomic E-state index is -0.0154. The first-order chi connectivity index (χ1) is 7.33. The van der Waals surface area contributed by atoms with Crippen molar-refractivity contribution >= 4 is 0 Å². The molecule has 6 nitrogen and oxygen atoms in total. The van der Waals surface area contributed by atoms with Gasteiger partial charge in [0, 0.05) is 21.9 Å². The van der Waals surface area contributed by atoms with Crippen LogP contribution in [0.1, 0.15) is 38.5 Å². The van der Waals surface area contributed by atoms with Gasteiger partial charge in [-0.05, 0) is 42.2 Å². The van der Waals surface area contributed by atoms with E-state index in [0.29, 0.717) is 0 Å². The van der Waals surface area contributed by atoms with Gasteiger partial charge in [0.2, 0.25) is 0 Å². The summed E-state index contributed by atoms with van der Waals surface area (Å²) in [5.41, 5.74) is 17.1. The van der Waals surface area contributed by atoms with Crippen LogP contribution in [0.2, 0.25) is 0 Å². The summed E-state index contributed by atoms with van der Waals surface area (Å²) in [4.78, 5) is 5.84. The first kappa shape index (κ1) is 10.1. The summed E-state index contributed by atoms with van der Waals surface area (Å²) in [6.07, 6.45) is 6.14. The van der Waals surface area contributed by atoms with Gasteiger partial charge in [0.05, 0.1) is 0 Å². The number of nitrogens with zero attached hydrogens (tertiary/aromatic N) is 6. The Labute approximate surface area is 87.9 Å². The lowest BCUT2D eigenvalue weighted by Gasteiger charge is -2.32. The molecular formula is C9H14N6. The highest BCUT2D eigenvalue weighted by Crippen LogP contribution is 2.53. The molecule has 2 aliphatic carbocycles. The third-order valence-electron chi connectivity index (χ3n) is 3.95. The van der Waals surface area contributed by atoms with E-state index in [1.807, 2.05) is 0 Å². The number of hydrogen-bond acceptors (Lipinski definition) is 2. The molecule has 2 saturated carbocycles. The molecule has 0 aromatic carbocycles. The number of hydrogen-bond donors (Lipinski definition) is 0. The summed E-state index contributed by atoms with van der Waals surface area (Å²) < 4.78 is 0. The molecule has 2 unspecified atom stereocenters. The molecular weight excluding hydrogens is 192 g/mol. The van der Waals surface area contributed by atoms with Gasteiger partial charge in [0.1, 0.15) is 0 Å². The Morgan fingerprint density at radius 3 is 1.80 bits per heavy atom. The van der Waals surface area contributed by atoms with Gasteiger partial charge >= 0.3 is 0 Å². The lowest BCUT2D eigenvalue weighted by atomic mass is 9.78. The Bertz CT molecular complexity index is 305. The molecule has 0 heterocycles. The molecule has 0 saturated heterocycles. The summed E-state index contributed by atoms with van der Waals surface area (Å²) in [7, 11) is 0. The van der Waals surface area contributed by atoms with Crippen LogP contribution >= 0.6 is 0 Å². The van der Waals surface area contributed by atoms with Gasteiger partial charge in [0.15, 0.2) is 0 Å². The van der Waals surface area contributed by atoms with Crippen molar-refractivity contribution in [2.24, 2.45) is 15.6 Å². The van der Waals surface area contributed by atoms with Gasteiger partial charge in [-0.2, -0.15) is 0 Å². The zero-order valence-corrected chi connectivity index (χ0v) is 8.58. The highest BCUT2D eigenvalue weighted by atomic mass is 15.2. The summed E-state index contributed by atoms with van der Waals surface area (Å²) in [6, 6.07) is 0.0843. The molecule has 2 fully saturated rings. The minimum Gasteiger partial charge on any atom is -0.0900 e. The average Bonchev–Trinajstić information content (AvgIpc) is 2.79. The summed E-state index contributed by atoms with van der Waals surface area (Å²) in [6.45, 7) is 0. The van der Waals surface area contributed by atoms with Gasteiger partial charge in [0.25, 0.3) is 0 Å². The number of rotatable bonds is 2. The molecule has 0 bridgehead atoms. The Morgan fingerprint density at radius 2 is 1.40 bits per heavy atom. The maximum absolute atomic E-state index is 8.54. The van der Waals surface area contributed by atoms with Gasteiger partial charge < -0.3 is 0 Å². The average molecular weight is 206 g/mol. The molecule has 0 aromatic rings. The van der Waals surface area contributed by atoms with Crippen LogP contribution in [-0.4, -0.2) is 12.1 Å². The molecule has 0 N–H and O–H groups in total. The van der Waals surface area contributed by atoms with Crippen molar-refractivity contribution < 1.29 is 0 Å². The Balaban J connectivity index is 2.29. The van der Waals surface area contributed by atoms with Crippen molar-refractivity contribution in [3.63, 3.8) is 0 Å². The van der Waals surface area contributed by atoms with E-state index in [0.717, 1.165) is 38.5 Å². The standard InChI is InChI=1S/C9H14N6/c10-14-12-7-3-1-5-9(7)6-2-4-8(9)13-15-11/h7-8H,1-6H2. The van der Waals surface area contributed by atoms with Crippen LogP contribution in [0, 0.1) is 5.41 Å². The fourth-order valence-corrected chi connectivity index (χ4v) is 3.31. The molecule has 2 atom stereocenters. The zero-order chi connectivity index (χ0) is 10.7. The van der Waals surface area contributed by atoms with Crippen molar-refractivity contribution in [3.8, 4) is 0 Å². The van der Waals surface area contributed by atoms with E-state index < -0.39 is 0 Å². The minimum absolute atomic E-state index is 0.0154. The largest absolute Gasteiger partial charge is 0.0900 e. The lowest BCUT2D eigenvalue weighted by molar-refractivity contribution is 0.234. The predicted octanol–water partition coefficient (Wildman–Crippen LogP) is 3.70. The Morgan fingerprint density at radius 1 is 0.933 bits per heavy atom. The SMILES string of the molecule is [N-]=[N+]=NC1CCCC12CCCC2N=[N+]=[N-]. The molecule has 1 spiro atoms. The van der Waals surface area contributed by atoms with E-state index >= 15 is 0 Å². The van der Waals surface area contributed by atoms with Crippen molar-refractivity contribution in [1.82, 2.24) is 0 Å². The maximum atomic E-state index is 8.54. The Kier molecular flexibility index (Phi) is 2.71. The fraction of sp³-hybridized carbons (Fsp3) is 1.00. The molecule has 0 radical (unpaired) electrons. The number of azide groups is 2. The van der Waals surface area contributed by atoms with Crippen LogP contribution in [0.15, 0.2) is 10.2 Å². The summed E-state index contributed by atoms with van der Waals surface area (Å²) >= 11 is 0. The van der Waals surface area contributed by atoms with E-state index in [4.69, 9.17) is 11.1 Å². The fourth-order valence-electron chi connectivity index (χ4n) is 3.31. The van der Waals surface area contributed by atoms with Crippen LogP contribution in [-0.2, 0) is 0 Å². The Hall–Kier alpha value is -1.38. The monoisotopic (exact) mass is 206 g/mol. The first-order valence-corrected chi connectivity index (χ1v) is 5.42. The smallest absolute Gasteiger partial charge is 0.0434 e. The molecule has 0 amide bonds. The second-order valence-corrected chi connectivity index (χ2v) is 4.46. The highest BCUT2D eigenvalue weighted by Gasteiger charge is 2.50. The zero-order valence-electron chi connectivity index (χ0n) is 8.58. The molecule has 15 heavy (non-hydrogen) atoms. The van der Waals surface area contributed by atoms with Gasteiger partial charge in [-0.25, -0.2) is 0 Å². The predicted molar refractivity (Wildman–Crippen MR) is 56.0 cm³/mol. The third-order valence-corrected chi connectivity index (χ3v) is 3.95. The van der Waals surface area contributed by atoms with Crippen LogP contribution in [0.25, 0.3) is 20.9 Å². The van der Waals surface area contributed by atoms with Gasteiger partial charge in [-0.1, -0.05) is 23.1 Å². The van der Waals surface area contributed by atoms with Crippen LogP contribution in [0.3, 0.4) is 0 Å². The lowest BCUT2D eigenvalue weighted by Crippen LogP contribution is -2.34. The highest BCUT2D eigenvalue weighted by molar-refractivity contribution is 5.07. The van der Waals surface area contributed by atoms with Crippen LogP contribution < -0.4 is 0 Å². The molecule has 2 aliphatic rings. The van der Waals surface area contributed by atoms with Gasteiger partial charge in [-0.15, -0.1) is 0 Å². The molecule has 0 aliphatic heterocycles. The van der Waals surface area contributed by atoms with Gasteiger partial charge in [-0.3, -0.25) is 0 Å². The molecule has 6 heteroatoms. The van der Waals surface area contributed by atoms with Crippen LogP contribution in [0.5, 0.6) is 0 Å². The second-order valence-electron chi connectivity index (χ2n) is 4.46. The van der Waals surface area contributed by atoms with E-state index in [2.05, 4.69) is 20.1 Å². The molecule has 2 rings (SSSR count). The van der Waals surface area contributed by atoms with Crippen LogP contribution in [0.4, 0.5) is 0 Å². The van der Waals surface area contributed by atoms with E-state index in [9.17, 15) is 0 Å².